The summed E-state index contributed by atoms with van der Waals surface area (Å²) in [6.07, 6.45) is 1.62. The normalized spacial score (nSPS) is 15.4. The first-order valence-electron chi connectivity index (χ1n) is 8.10. The van der Waals surface area contributed by atoms with Gasteiger partial charge >= 0.3 is 0 Å². The maximum atomic E-state index is 13.3. The minimum absolute atomic E-state index is 0.122. The molecule has 140 valence electrons. The van der Waals surface area contributed by atoms with Crippen LogP contribution in [0.3, 0.4) is 0 Å². The molecule has 3 rings (SSSR count). The van der Waals surface area contributed by atoms with E-state index in [0.717, 1.165) is 0 Å². The predicted octanol–water partition coefficient (Wildman–Crippen LogP) is 4.79. The Bertz CT molecular complexity index is 926. The van der Waals surface area contributed by atoms with Crippen LogP contribution >= 0.6 is 35.4 Å². The Balaban J connectivity index is 1.80. The standard InChI is InChI=1S/C19H15Cl2FN2O2S/c1-2-24-18(25)16(23-19(24)27)9-12-7-14(20)17(15(21)8-12)26-10-11-4-3-5-13(22)6-11/h3-9H,2,10H2,1H3,(H,23,27). The fourth-order valence-electron chi connectivity index (χ4n) is 2.61. The monoisotopic (exact) mass is 424 g/mol. The van der Waals surface area contributed by atoms with Gasteiger partial charge in [-0.3, -0.25) is 9.69 Å². The van der Waals surface area contributed by atoms with Gasteiger partial charge in [0.1, 0.15) is 18.1 Å². The molecule has 0 radical (unpaired) electrons. The van der Waals surface area contributed by atoms with E-state index in [1.54, 1.807) is 30.3 Å². The molecule has 0 aliphatic carbocycles. The maximum absolute atomic E-state index is 13.3. The van der Waals surface area contributed by atoms with Gasteiger partial charge in [0.15, 0.2) is 10.9 Å². The second kappa shape index (κ2) is 8.25. The third-order valence-electron chi connectivity index (χ3n) is 3.88. The largest absolute Gasteiger partial charge is 0.486 e. The fraction of sp³-hybridized carbons (Fsp3) is 0.158. The van der Waals surface area contributed by atoms with E-state index in [9.17, 15) is 9.18 Å². The average Bonchev–Trinajstić information content (AvgIpc) is 2.87. The molecule has 4 nitrogen and oxygen atoms in total. The highest BCUT2D eigenvalue weighted by atomic mass is 35.5. The Kier molecular flexibility index (Phi) is 5.99. The lowest BCUT2D eigenvalue weighted by molar-refractivity contribution is -0.122. The van der Waals surface area contributed by atoms with E-state index < -0.39 is 0 Å². The molecule has 0 unspecified atom stereocenters. The van der Waals surface area contributed by atoms with Gasteiger partial charge in [-0.2, -0.15) is 0 Å². The van der Waals surface area contributed by atoms with E-state index in [0.29, 0.717) is 34.2 Å². The van der Waals surface area contributed by atoms with Crippen LogP contribution < -0.4 is 10.1 Å². The number of halogens is 3. The average molecular weight is 425 g/mol. The SMILES string of the molecule is CCN1C(=O)C(=Cc2cc(Cl)c(OCc3cccc(F)c3)c(Cl)c2)NC1=S. The zero-order chi connectivity index (χ0) is 19.6. The summed E-state index contributed by atoms with van der Waals surface area (Å²) in [7, 11) is 0. The third kappa shape index (κ3) is 4.40. The molecule has 0 atom stereocenters. The van der Waals surface area contributed by atoms with Crippen LogP contribution in [-0.4, -0.2) is 22.5 Å². The summed E-state index contributed by atoms with van der Waals surface area (Å²) in [5.74, 6) is -0.259. The summed E-state index contributed by atoms with van der Waals surface area (Å²) < 4.78 is 18.9. The van der Waals surface area contributed by atoms with Crippen LogP contribution in [0.1, 0.15) is 18.1 Å². The first-order chi connectivity index (χ1) is 12.9. The molecule has 27 heavy (non-hydrogen) atoms. The molecule has 1 saturated heterocycles. The van der Waals surface area contributed by atoms with E-state index in [4.69, 9.17) is 40.2 Å². The number of carbonyl (C=O) groups is 1. The van der Waals surface area contributed by atoms with E-state index >= 15 is 0 Å². The second-order valence-corrected chi connectivity index (χ2v) is 6.97. The smallest absolute Gasteiger partial charge is 0.276 e. The molecule has 0 spiro atoms. The Labute approximate surface area is 171 Å². The lowest BCUT2D eigenvalue weighted by Gasteiger charge is -2.11. The number of nitrogens with one attached hydrogen (secondary N) is 1. The lowest BCUT2D eigenvalue weighted by atomic mass is 10.1. The number of hydrogen-bond acceptors (Lipinski definition) is 3. The number of likely N-dealkylation sites (N-methyl/N-ethyl adjacent to an activating group) is 1. The second-order valence-electron chi connectivity index (χ2n) is 5.77. The summed E-state index contributed by atoms with van der Waals surface area (Å²) in [6.45, 7) is 2.45. The maximum Gasteiger partial charge on any atom is 0.276 e. The Morgan fingerprint density at radius 3 is 2.56 bits per heavy atom. The Morgan fingerprint density at radius 1 is 1.26 bits per heavy atom. The minimum atomic E-state index is -0.344. The van der Waals surface area contributed by atoms with Gasteiger partial charge in [-0.25, -0.2) is 4.39 Å². The van der Waals surface area contributed by atoms with Crippen molar-refractivity contribution in [1.82, 2.24) is 10.2 Å². The molecule has 8 heteroatoms. The first-order valence-corrected chi connectivity index (χ1v) is 9.26. The highest BCUT2D eigenvalue weighted by Gasteiger charge is 2.29. The summed E-state index contributed by atoms with van der Waals surface area (Å²) in [5, 5.41) is 3.80. The van der Waals surface area contributed by atoms with Crippen LogP contribution in [0.5, 0.6) is 5.75 Å². The van der Waals surface area contributed by atoms with Crippen molar-refractivity contribution in [3.8, 4) is 5.75 Å². The van der Waals surface area contributed by atoms with Gasteiger partial charge in [-0.05, 0) is 60.6 Å². The van der Waals surface area contributed by atoms with E-state index in [-0.39, 0.29) is 28.4 Å². The van der Waals surface area contributed by atoms with Gasteiger partial charge in [-0.1, -0.05) is 35.3 Å². The topological polar surface area (TPSA) is 41.6 Å². The molecular formula is C19H15Cl2FN2O2S. The zero-order valence-corrected chi connectivity index (χ0v) is 16.6. The van der Waals surface area contributed by atoms with Crippen LogP contribution in [0.4, 0.5) is 4.39 Å². The highest BCUT2D eigenvalue weighted by molar-refractivity contribution is 7.80. The number of hydrogen-bond donors (Lipinski definition) is 1. The number of nitrogens with zero attached hydrogens (tertiary/aromatic N) is 1. The third-order valence-corrected chi connectivity index (χ3v) is 4.77. The molecule has 1 N–H and O–H groups in total. The molecule has 1 aliphatic heterocycles. The molecule has 1 amide bonds. The molecule has 0 aromatic heterocycles. The van der Waals surface area contributed by atoms with Gasteiger partial charge in [0.05, 0.1) is 10.0 Å². The van der Waals surface area contributed by atoms with Gasteiger partial charge in [0.25, 0.3) is 5.91 Å². The van der Waals surface area contributed by atoms with Crippen molar-refractivity contribution >= 4 is 52.5 Å². The van der Waals surface area contributed by atoms with Gasteiger partial charge in [0.2, 0.25) is 0 Å². The molecule has 1 fully saturated rings. The molecule has 0 saturated carbocycles. The van der Waals surface area contributed by atoms with Crippen molar-refractivity contribution in [2.75, 3.05) is 6.54 Å². The van der Waals surface area contributed by atoms with E-state index in [1.165, 1.54) is 17.0 Å². The molecule has 2 aromatic rings. The Morgan fingerprint density at radius 2 is 1.96 bits per heavy atom. The number of thiocarbonyl (C=S) groups is 1. The minimum Gasteiger partial charge on any atom is -0.486 e. The van der Waals surface area contributed by atoms with Crippen molar-refractivity contribution in [1.29, 1.82) is 0 Å². The molecule has 1 aliphatic rings. The van der Waals surface area contributed by atoms with Crippen molar-refractivity contribution < 1.29 is 13.9 Å². The van der Waals surface area contributed by atoms with Crippen LogP contribution in [0.2, 0.25) is 10.0 Å². The van der Waals surface area contributed by atoms with Gasteiger partial charge in [-0.15, -0.1) is 0 Å². The number of carbonyl (C=O) groups excluding carboxylic acids is 1. The molecule has 1 heterocycles. The highest BCUT2D eigenvalue weighted by Crippen LogP contribution is 2.35. The molecule has 0 bridgehead atoms. The zero-order valence-electron chi connectivity index (χ0n) is 14.3. The number of rotatable bonds is 5. The summed E-state index contributed by atoms with van der Waals surface area (Å²) in [5.41, 5.74) is 1.63. The predicted molar refractivity (Wildman–Crippen MR) is 108 cm³/mol. The van der Waals surface area contributed by atoms with E-state index in [1.807, 2.05) is 6.92 Å². The Hall–Kier alpha value is -2.15. The summed E-state index contributed by atoms with van der Waals surface area (Å²) in [4.78, 5) is 13.7. The van der Waals surface area contributed by atoms with Crippen molar-refractivity contribution in [3.05, 3.63) is 69.1 Å². The van der Waals surface area contributed by atoms with Crippen LogP contribution in [0.15, 0.2) is 42.1 Å². The molecule has 2 aromatic carbocycles. The van der Waals surface area contributed by atoms with Crippen molar-refractivity contribution in [3.63, 3.8) is 0 Å². The number of amides is 1. The summed E-state index contributed by atoms with van der Waals surface area (Å²) >= 11 is 17.7. The van der Waals surface area contributed by atoms with Gasteiger partial charge < -0.3 is 10.1 Å². The summed E-state index contributed by atoms with van der Waals surface area (Å²) in [6, 6.07) is 9.34. The van der Waals surface area contributed by atoms with Crippen molar-refractivity contribution in [2.45, 2.75) is 13.5 Å². The van der Waals surface area contributed by atoms with Gasteiger partial charge in [0, 0.05) is 6.54 Å². The van der Waals surface area contributed by atoms with Crippen LogP contribution in [0.25, 0.3) is 6.08 Å². The van der Waals surface area contributed by atoms with Crippen molar-refractivity contribution in [2.24, 2.45) is 0 Å². The quantitative estimate of drug-likeness (QED) is 0.553. The van der Waals surface area contributed by atoms with Crippen LogP contribution in [-0.2, 0) is 11.4 Å². The number of benzene rings is 2. The fourth-order valence-corrected chi connectivity index (χ4v) is 3.54. The van der Waals surface area contributed by atoms with E-state index in [2.05, 4.69) is 5.32 Å². The number of ether oxygens (including phenoxy) is 1. The van der Waals surface area contributed by atoms with Crippen LogP contribution in [0, 0.1) is 5.82 Å². The lowest BCUT2D eigenvalue weighted by Crippen LogP contribution is -2.30. The molecular weight excluding hydrogens is 410 g/mol. The first kappa shape index (κ1) is 19.6.